The van der Waals surface area contributed by atoms with Gasteiger partial charge in [-0.2, -0.15) is 0 Å². The molecule has 19 heavy (non-hydrogen) atoms. The summed E-state index contributed by atoms with van der Waals surface area (Å²) >= 11 is 0.230. The van der Waals surface area contributed by atoms with Crippen LogP contribution in [0.15, 0.2) is 12.1 Å². The number of hydrogen-bond donors (Lipinski definition) is 1. The van der Waals surface area contributed by atoms with Crippen molar-refractivity contribution >= 4 is 21.1 Å². The molecular formula is C17H30OSn. The minimum atomic E-state index is -0.0178. The maximum atomic E-state index is 10.4. The molecule has 1 rings (SSSR count). The van der Waals surface area contributed by atoms with Crippen LogP contribution in [-0.2, 0) is 10.8 Å². The van der Waals surface area contributed by atoms with Crippen LogP contribution < -0.4 is 0 Å². The first-order valence-electron chi connectivity index (χ1n) is 6.88. The molecule has 0 aromatic heterocycles. The Morgan fingerprint density at radius 1 is 0.842 bits per heavy atom. The molecule has 0 saturated heterocycles. The van der Waals surface area contributed by atoms with Crippen LogP contribution in [0.4, 0.5) is 0 Å². The Balaban J connectivity index is 0.000000982. The summed E-state index contributed by atoms with van der Waals surface area (Å²) in [7, 11) is 0. The van der Waals surface area contributed by atoms with Gasteiger partial charge >= 0.3 is 31.0 Å². The minimum absolute atomic E-state index is 0.0178. The van der Waals surface area contributed by atoms with Crippen LogP contribution in [0, 0.1) is 6.92 Å². The van der Waals surface area contributed by atoms with E-state index in [0.29, 0.717) is 5.75 Å². The normalized spacial score (nSPS) is 11.8. The van der Waals surface area contributed by atoms with Crippen molar-refractivity contribution in [1.29, 1.82) is 0 Å². The van der Waals surface area contributed by atoms with Gasteiger partial charge in [-0.3, -0.25) is 0 Å². The molecule has 0 unspecified atom stereocenters. The number of benzene rings is 1. The van der Waals surface area contributed by atoms with Gasteiger partial charge in [-0.05, 0) is 28.9 Å². The first-order chi connectivity index (χ1) is 8.45. The summed E-state index contributed by atoms with van der Waals surface area (Å²) in [6.07, 6.45) is 0. The Morgan fingerprint density at radius 3 is 1.32 bits per heavy atom. The SMILES string of the molecule is Cc1cc(C(C)(C)C)c(O)c(C(C)(C)C)c1.[CH3][Sn][CH3]. The maximum absolute atomic E-state index is 10.4. The Kier molecular flexibility index (Phi) is 6.94. The Morgan fingerprint density at radius 2 is 1.11 bits per heavy atom. The van der Waals surface area contributed by atoms with E-state index < -0.39 is 0 Å². The predicted octanol–water partition coefficient (Wildman–Crippen LogP) is 5.08. The zero-order chi connectivity index (χ0) is 15.4. The summed E-state index contributed by atoms with van der Waals surface area (Å²) in [5.74, 6) is 0.464. The van der Waals surface area contributed by atoms with E-state index in [-0.39, 0.29) is 32.0 Å². The average Bonchev–Trinajstić information content (AvgIpc) is 2.19. The van der Waals surface area contributed by atoms with Crippen molar-refractivity contribution in [2.24, 2.45) is 0 Å². The number of phenols is 1. The zero-order valence-electron chi connectivity index (χ0n) is 14.1. The van der Waals surface area contributed by atoms with Crippen LogP contribution in [0.3, 0.4) is 0 Å². The molecular weight excluding hydrogens is 339 g/mol. The van der Waals surface area contributed by atoms with Crippen LogP contribution in [0.25, 0.3) is 0 Å². The van der Waals surface area contributed by atoms with Crippen LogP contribution in [0.1, 0.15) is 58.2 Å². The molecule has 2 radical (unpaired) electrons. The Labute approximate surface area is 130 Å². The van der Waals surface area contributed by atoms with Gasteiger partial charge in [0.1, 0.15) is 5.75 Å². The van der Waals surface area contributed by atoms with Crippen molar-refractivity contribution in [1.82, 2.24) is 0 Å². The molecule has 0 fully saturated rings. The first-order valence-corrected chi connectivity index (χ1v) is 12.6. The molecule has 0 aliphatic heterocycles. The van der Waals surface area contributed by atoms with Crippen LogP contribution in [-0.4, -0.2) is 26.2 Å². The third-order valence-corrected chi connectivity index (χ3v) is 2.87. The fourth-order valence-electron chi connectivity index (χ4n) is 1.92. The van der Waals surface area contributed by atoms with Crippen molar-refractivity contribution in [3.8, 4) is 5.75 Å². The van der Waals surface area contributed by atoms with Crippen molar-refractivity contribution in [2.45, 2.75) is 69.2 Å². The van der Waals surface area contributed by atoms with Crippen molar-refractivity contribution in [2.75, 3.05) is 0 Å². The van der Waals surface area contributed by atoms with Crippen LogP contribution in [0.5, 0.6) is 5.75 Å². The molecule has 0 aliphatic rings. The number of rotatable bonds is 0. The van der Waals surface area contributed by atoms with Gasteiger partial charge in [-0.15, -0.1) is 0 Å². The summed E-state index contributed by atoms with van der Waals surface area (Å²) in [6.45, 7) is 14.9. The van der Waals surface area contributed by atoms with Gasteiger partial charge < -0.3 is 5.11 Å². The average molecular weight is 369 g/mol. The van der Waals surface area contributed by atoms with E-state index in [1.807, 2.05) is 0 Å². The Hall–Kier alpha value is -0.181. The summed E-state index contributed by atoms with van der Waals surface area (Å²) in [6, 6.07) is 4.18. The molecule has 1 N–H and O–H groups in total. The van der Waals surface area contributed by atoms with Gasteiger partial charge in [0.25, 0.3) is 0 Å². The molecule has 2 heteroatoms. The summed E-state index contributed by atoms with van der Waals surface area (Å²) in [5.41, 5.74) is 3.26. The van der Waals surface area contributed by atoms with E-state index in [0.717, 1.165) is 11.1 Å². The second kappa shape index (κ2) is 7.01. The number of aryl methyl sites for hydroxylation is 1. The van der Waals surface area contributed by atoms with Crippen LogP contribution >= 0.6 is 0 Å². The second-order valence-corrected chi connectivity index (χ2v) is 10.1. The summed E-state index contributed by atoms with van der Waals surface area (Å²) in [4.78, 5) is 4.59. The van der Waals surface area contributed by atoms with Gasteiger partial charge in [0, 0.05) is 0 Å². The fourth-order valence-corrected chi connectivity index (χ4v) is 1.92. The van der Waals surface area contributed by atoms with Gasteiger partial charge in [0.2, 0.25) is 0 Å². The third-order valence-electron chi connectivity index (χ3n) is 2.87. The van der Waals surface area contributed by atoms with E-state index in [4.69, 9.17) is 0 Å². The molecule has 0 heterocycles. The molecule has 1 aromatic carbocycles. The molecule has 0 bridgehead atoms. The fraction of sp³-hybridized carbons (Fsp3) is 0.647. The van der Waals surface area contributed by atoms with Gasteiger partial charge in [0.05, 0.1) is 0 Å². The van der Waals surface area contributed by atoms with E-state index in [9.17, 15) is 5.11 Å². The van der Waals surface area contributed by atoms with Crippen LogP contribution in [0.2, 0.25) is 9.88 Å². The first kappa shape index (κ1) is 18.8. The van der Waals surface area contributed by atoms with Gasteiger partial charge in [0.15, 0.2) is 0 Å². The molecule has 0 spiro atoms. The third kappa shape index (κ3) is 5.76. The van der Waals surface area contributed by atoms with Crippen molar-refractivity contribution in [3.05, 3.63) is 28.8 Å². The molecule has 1 nitrogen and oxygen atoms in total. The molecule has 1 aromatic rings. The molecule has 0 aliphatic carbocycles. The molecule has 0 saturated carbocycles. The number of aromatic hydroxyl groups is 1. The van der Waals surface area contributed by atoms with Crippen molar-refractivity contribution < 1.29 is 5.11 Å². The molecule has 108 valence electrons. The second-order valence-electron chi connectivity index (χ2n) is 7.21. The van der Waals surface area contributed by atoms with E-state index in [1.165, 1.54) is 5.56 Å². The van der Waals surface area contributed by atoms with E-state index in [2.05, 4.69) is 70.5 Å². The monoisotopic (exact) mass is 370 g/mol. The van der Waals surface area contributed by atoms with Gasteiger partial charge in [-0.1, -0.05) is 59.2 Å². The molecule has 0 amide bonds. The number of phenolic OH excluding ortho intramolecular Hbond substituents is 1. The van der Waals surface area contributed by atoms with E-state index in [1.54, 1.807) is 0 Å². The van der Waals surface area contributed by atoms with E-state index >= 15 is 0 Å². The molecule has 0 atom stereocenters. The predicted molar refractivity (Wildman–Crippen MR) is 87.7 cm³/mol. The van der Waals surface area contributed by atoms with Crippen molar-refractivity contribution in [3.63, 3.8) is 0 Å². The summed E-state index contributed by atoms with van der Waals surface area (Å²) < 4.78 is 0. The summed E-state index contributed by atoms with van der Waals surface area (Å²) in [5, 5.41) is 10.4. The quantitative estimate of drug-likeness (QED) is 0.633. The Bertz CT molecular complexity index is 373. The zero-order valence-corrected chi connectivity index (χ0v) is 17.0. The standard InChI is InChI=1S/C15H24O.2CH3.Sn/c1-10-8-11(14(2,3)4)13(16)12(9-10)15(5,6)7;;;/h8-9,16H,1-7H3;2*1H3;. The topological polar surface area (TPSA) is 20.2 Å². The number of hydrogen-bond acceptors (Lipinski definition) is 1. The van der Waals surface area contributed by atoms with Gasteiger partial charge in [-0.25, -0.2) is 0 Å².